The Morgan fingerprint density at radius 3 is 2.80 bits per heavy atom. The average molecular weight is 287 g/mol. The zero-order chi connectivity index (χ0) is 15.0. The second kappa shape index (κ2) is 8.92. The van der Waals surface area contributed by atoms with Crippen molar-refractivity contribution >= 4 is 11.9 Å². The first kappa shape index (κ1) is 16.9. The highest BCUT2D eigenvalue weighted by atomic mass is 16.5. The number of aliphatic carboxylic acids is 1. The predicted molar refractivity (Wildman–Crippen MR) is 73.5 cm³/mol. The van der Waals surface area contributed by atoms with Crippen LogP contribution in [0.2, 0.25) is 0 Å². The van der Waals surface area contributed by atoms with Crippen molar-refractivity contribution in [3.05, 3.63) is 0 Å². The molecule has 1 amide bonds. The Labute approximate surface area is 120 Å². The molecule has 116 valence electrons. The van der Waals surface area contributed by atoms with Crippen molar-refractivity contribution in [3.8, 4) is 0 Å². The van der Waals surface area contributed by atoms with Crippen LogP contribution in [0.3, 0.4) is 0 Å². The summed E-state index contributed by atoms with van der Waals surface area (Å²) >= 11 is 0. The lowest BCUT2D eigenvalue weighted by Gasteiger charge is -2.28. The van der Waals surface area contributed by atoms with Crippen molar-refractivity contribution in [1.29, 1.82) is 0 Å². The Morgan fingerprint density at radius 1 is 1.50 bits per heavy atom. The molecule has 1 heterocycles. The molecular formula is C14H25NO5. The summed E-state index contributed by atoms with van der Waals surface area (Å²) in [5, 5.41) is 8.73. The number of hydrogen-bond donors (Lipinski definition) is 1. The quantitative estimate of drug-likeness (QED) is 0.691. The molecule has 1 fully saturated rings. The largest absolute Gasteiger partial charge is 0.481 e. The van der Waals surface area contributed by atoms with Crippen LogP contribution < -0.4 is 0 Å². The van der Waals surface area contributed by atoms with E-state index in [2.05, 4.69) is 0 Å². The van der Waals surface area contributed by atoms with Crippen LogP contribution >= 0.6 is 0 Å². The molecule has 1 saturated heterocycles. The van der Waals surface area contributed by atoms with E-state index in [1.54, 1.807) is 4.90 Å². The predicted octanol–water partition coefficient (Wildman–Crippen LogP) is 1.28. The van der Waals surface area contributed by atoms with Gasteiger partial charge in [0.05, 0.1) is 19.1 Å². The lowest BCUT2D eigenvalue weighted by molar-refractivity contribution is -0.142. The molecule has 1 aliphatic heterocycles. The molecule has 0 bridgehead atoms. The van der Waals surface area contributed by atoms with Gasteiger partial charge in [-0.25, -0.2) is 0 Å². The lowest BCUT2D eigenvalue weighted by Crippen LogP contribution is -2.42. The summed E-state index contributed by atoms with van der Waals surface area (Å²) in [4.78, 5) is 24.3. The minimum absolute atomic E-state index is 0.0101. The van der Waals surface area contributed by atoms with E-state index < -0.39 is 5.97 Å². The summed E-state index contributed by atoms with van der Waals surface area (Å²) in [6.07, 6.45) is 2.86. The van der Waals surface area contributed by atoms with Crippen molar-refractivity contribution in [3.63, 3.8) is 0 Å². The van der Waals surface area contributed by atoms with Gasteiger partial charge in [-0.2, -0.15) is 0 Å². The van der Waals surface area contributed by atoms with Gasteiger partial charge in [0.25, 0.3) is 0 Å². The summed E-state index contributed by atoms with van der Waals surface area (Å²) < 4.78 is 10.8. The van der Waals surface area contributed by atoms with Crippen LogP contribution in [-0.4, -0.2) is 60.4 Å². The number of carbonyl (C=O) groups excluding carboxylic acids is 1. The molecule has 0 aromatic rings. The molecule has 0 aromatic heterocycles. The summed E-state index contributed by atoms with van der Waals surface area (Å²) in [5.74, 6) is -1.05. The van der Waals surface area contributed by atoms with Gasteiger partial charge in [0, 0.05) is 19.2 Å². The van der Waals surface area contributed by atoms with Crippen LogP contribution in [0.5, 0.6) is 0 Å². The number of carboxylic acids is 1. The van der Waals surface area contributed by atoms with Crippen molar-refractivity contribution in [1.82, 2.24) is 4.90 Å². The first-order valence-corrected chi connectivity index (χ1v) is 7.25. The zero-order valence-electron chi connectivity index (χ0n) is 12.3. The summed E-state index contributed by atoms with van der Waals surface area (Å²) in [6, 6.07) is 0.0215. The third kappa shape index (κ3) is 5.88. The molecule has 0 radical (unpaired) electrons. The molecule has 0 aliphatic carbocycles. The molecule has 2 atom stereocenters. The van der Waals surface area contributed by atoms with E-state index in [1.165, 1.54) is 0 Å². The topological polar surface area (TPSA) is 76.1 Å². The van der Waals surface area contributed by atoms with Crippen LogP contribution in [0.25, 0.3) is 0 Å². The van der Waals surface area contributed by atoms with Gasteiger partial charge in [0.1, 0.15) is 6.61 Å². The summed E-state index contributed by atoms with van der Waals surface area (Å²) in [5.41, 5.74) is 0. The van der Waals surface area contributed by atoms with Gasteiger partial charge >= 0.3 is 5.97 Å². The SMILES string of the molecule is CC[C@@H](C)N(CCC(=O)O)C(=O)COC[C@H]1CCCO1. The number of amides is 1. The molecule has 0 unspecified atom stereocenters. The van der Waals surface area contributed by atoms with Gasteiger partial charge in [-0.1, -0.05) is 6.92 Å². The van der Waals surface area contributed by atoms with Gasteiger partial charge in [0.15, 0.2) is 0 Å². The number of nitrogens with zero attached hydrogens (tertiary/aromatic N) is 1. The first-order chi connectivity index (χ1) is 9.54. The smallest absolute Gasteiger partial charge is 0.305 e. The van der Waals surface area contributed by atoms with Crippen molar-refractivity contribution in [2.45, 2.75) is 51.7 Å². The molecular weight excluding hydrogens is 262 g/mol. The van der Waals surface area contributed by atoms with Crippen LogP contribution in [0, 0.1) is 0 Å². The van der Waals surface area contributed by atoms with Gasteiger partial charge in [-0.3, -0.25) is 9.59 Å². The van der Waals surface area contributed by atoms with E-state index in [1.807, 2.05) is 13.8 Å². The van der Waals surface area contributed by atoms with E-state index in [0.717, 1.165) is 25.9 Å². The van der Waals surface area contributed by atoms with Gasteiger partial charge in [0.2, 0.25) is 5.91 Å². The fourth-order valence-corrected chi connectivity index (χ4v) is 2.16. The second-order valence-electron chi connectivity index (χ2n) is 5.14. The highest BCUT2D eigenvalue weighted by molar-refractivity contribution is 5.78. The van der Waals surface area contributed by atoms with E-state index >= 15 is 0 Å². The fourth-order valence-electron chi connectivity index (χ4n) is 2.16. The lowest BCUT2D eigenvalue weighted by atomic mass is 10.2. The Kier molecular flexibility index (Phi) is 7.54. The molecule has 1 aliphatic rings. The van der Waals surface area contributed by atoms with Gasteiger partial charge < -0.3 is 19.5 Å². The number of rotatable bonds is 9. The number of carbonyl (C=O) groups is 2. The van der Waals surface area contributed by atoms with E-state index in [9.17, 15) is 9.59 Å². The molecule has 6 heteroatoms. The molecule has 0 spiro atoms. The Hall–Kier alpha value is -1.14. The Bertz CT molecular complexity index is 315. The summed E-state index contributed by atoms with van der Waals surface area (Å²) in [6.45, 7) is 5.30. The average Bonchev–Trinajstić information content (AvgIpc) is 2.91. The normalized spacial score (nSPS) is 19.8. The minimum atomic E-state index is -0.897. The Morgan fingerprint density at radius 2 is 2.25 bits per heavy atom. The highest BCUT2D eigenvalue weighted by Gasteiger charge is 2.21. The third-order valence-corrected chi connectivity index (χ3v) is 3.56. The monoisotopic (exact) mass is 287 g/mol. The van der Waals surface area contributed by atoms with Gasteiger partial charge in [-0.15, -0.1) is 0 Å². The van der Waals surface area contributed by atoms with Crippen molar-refractivity contribution in [2.75, 3.05) is 26.4 Å². The molecule has 20 heavy (non-hydrogen) atoms. The second-order valence-corrected chi connectivity index (χ2v) is 5.14. The zero-order valence-corrected chi connectivity index (χ0v) is 12.3. The maximum absolute atomic E-state index is 12.1. The maximum Gasteiger partial charge on any atom is 0.305 e. The number of hydrogen-bond acceptors (Lipinski definition) is 4. The molecule has 1 N–H and O–H groups in total. The van der Waals surface area contributed by atoms with Crippen molar-refractivity contribution in [2.24, 2.45) is 0 Å². The molecule has 6 nitrogen and oxygen atoms in total. The third-order valence-electron chi connectivity index (χ3n) is 3.56. The highest BCUT2D eigenvalue weighted by Crippen LogP contribution is 2.12. The maximum atomic E-state index is 12.1. The van der Waals surface area contributed by atoms with E-state index in [4.69, 9.17) is 14.6 Å². The summed E-state index contributed by atoms with van der Waals surface area (Å²) in [7, 11) is 0. The Balaban J connectivity index is 2.34. The number of ether oxygens (including phenoxy) is 2. The molecule has 1 rings (SSSR count). The van der Waals surface area contributed by atoms with Crippen LogP contribution in [-0.2, 0) is 19.1 Å². The molecule has 0 saturated carbocycles. The van der Waals surface area contributed by atoms with E-state index in [0.29, 0.717) is 6.61 Å². The van der Waals surface area contributed by atoms with Crippen LogP contribution in [0.15, 0.2) is 0 Å². The molecule has 0 aromatic carbocycles. The van der Waals surface area contributed by atoms with Crippen LogP contribution in [0.4, 0.5) is 0 Å². The fraction of sp³-hybridized carbons (Fsp3) is 0.857. The van der Waals surface area contributed by atoms with Gasteiger partial charge in [-0.05, 0) is 26.2 Å². The number of carboxylic acid groups (broad SMARTS) is 1. The van der Waals surface area contributed by atoms with Crippen molar-refractivity contribution < 1.29 is 24.2 Å². The minimum Gasteiger partial charge on any atom is -0.481 e. The van der Waals surface area contributed by atoms with Crippen LogP contribution in [0.1, 0.15) is 39.5 Å². The first-order valence-electron chi connectivity index (χ1n) is 7.25. The van der Waals surface area contributed by atoms with E-state index in [-0.39, 0.29) is 37.6 Å². The standard InChI is InChI=1S/C14H25NO5/c1-3-11(2)15(7-6-14(17)18)13(16)10-19-9-12-5-4-8-20-12/h11-12H,3-10H2,1-2H3,(H,17,18)/t11-,12-/m1/s1.